The Bertz CT molecular complexity index is 462. The van der Waals surface area contributed by atoms with Crippen LogP contribution in [0.2, 0.25) is 0 Å². The van der Waals surface area contributed by atoms with Gasteiger partial charge in [0.05, 0.1) is 0 Å². The Morgan fingerprint density at radius 2 is 2.00 bits per heavy atom. The van der Waals surface area contributed by atoms with Crippen molar-refractivity contribution in [1.82, 2.24) is 5.32 Å². The van der Waals surface area contributed by atoms with E-state index in [1.807, 2.05) is 0 Å². The lowest BCUT2D eigenvalue weighted by molar-refractivity contribution is -0.123. The zero-order valence-electron chi connectivity index (χ0n) is 11.0. The minimum atomic E-state index is -0.0382. The summed E-state index contributed by atoms with van der Waals surface area (Å²) in [5, 5.41) is 3.00. The molecule has 0 aliphatic heterocycles. The van der Waals surface area contributed by atoms with E-state index in [1.165, 1.54) is 25.7 Å². The highest BCUT2D eigenvalue weighted by molar-refractivity contribution is 5.77. The van der Waals surface area contributed by atoms with E-state index in [0.717, 1.165) is 12.5 Å². The summed E-state index contributed by atoms with van der Waals surface area (Å²) in [4.78, 5) is 11.7. The number of nitrogens with two attached hydrogens (primary N) is 1. The zero-order valence-corrected chi connectivity index (χ0v) is 11.0. The number of nitrogen functional groups attached to an aromatic ring is 1. The number of benzene rings is 1. The molecule has 0 bridgehead atoms. The van der Waals surface area contributed by atoms with Gasteiger partial charge in [0.25, 0.3) is 5.91 Å². The zero-order chi connectivity index (χ0) is 13.3. The molecule has 0 atom stereocenters. The van der Waals surface area contributed by atoms with Crippen LogP contribution in [0.3, 0.4) is 0 Å². The van der Waals surface area contributed by atoms with Crippen molar-refractivity contribution in [2.45, 2.75) is 25.7 Å². The number of ether oxygens (including phenoxy) is 1. The maximum atomic E-state index is 11.7. The summed E-state index contributed by atoms with van der Waals surface area (Å²) in [5.41, 5.74) is 6.72. The summed E-state index contributed by atoms with van der Waals surface area (Å²) in [6.07, 6.45) is 5.24. The molecule has 0 heterocycles. The Kier molecular flexibility index (Phi) is 3.09. The molecule has 4 nitrogen and oxygen atoms in total. The summed E-state index contributed by atoms with van der Waals surface area (Å²) >= 11 is 0. The highest BCUT2D eigenvalue weighted by atomic mass is 16.5. The first-order valence-electron chi connectivity index (χ1n) is 6.93. The van der Waals surface area contributed by atoms with Gasteiger partial charge in [-0.15, -0.1) is 0 Å². The van der Waals surface area contributed by atoms with Crippen LogP contribution in [0.15, 0.2) is 24.3 Å². The molecule has 0 radical (unpaired) electrons. The van der Waals surface area contributed by atoms with Gasteiger partial charge in [-0.25, -0.2) is 0 Å². The third-order valence-corrected chi connectivity index (χ3v) is 4.22. The van der Waals surface area contributed by atoms with Crippen LogP contribution < -0.4 is 15.8 Å². The average Bonchev–Trinajstić information content (AvgIpc) is 3.28. The second-order valence-electron chi connectivity index (χ2n) is 5.77. The van der Waals surface area contributed by atoms with E-state index in [2.05, 4.69) is 5.32 Å². The standard InChI is InChI=1S/C15H20N2O2/c16-12-3-5-13(6-4-12)19-9-14(18)17-10-15(7-8-15)11-1-2-11/h3-6,11H,1-2,7-10,16H2,(H,17,18). The number of carbonyl (C=O) groups is 1. The summed E-state index contributed by atoms with van der Waals surface area (Å²) in [6.45, 7) is 0.895. The van der Waals surface area contributed by atoms with Crippen LogP contribution in [-0.4, -0.2) is 19.1 Å². The third kappa shape index (κ3) is 3.00. The second-order valence-corrected chi connectivity index (χ2v) is 5.77. The second kappa shape index (κ2) is 4.76. The van der Waals surface area contributed by atoms with Crippen LogP contribution in [-0.2, 0) is 4.79 Å². The number of amides is 1. The van der Waals surface area contributed by atoms with Crippen molar-refractivity contribution in [3.63, 3.8) is 0 Å². The molecular weight excluding hydrogens is 240 g/mol. The minimum absolute atomic E-state index is 0.0382. The van der Waals surface area contributed by atoms with E-state index in [4.69, 9.17) is 10.5 Å². The van der Waals surface area contributed by atoms with Crippen LogP contribution in [0.25, 0.3) is 0 Å². The van der Waals surface area contributed by atoms with Gasteiger partial charge in [0, 0.05) is 12.2 Å². The maximum absolute atomic E-state index is 11.7. The smallest absolute Gasteiger partial charge is 0.257 e. The average molecular weight is 260 g/mol. The Morgan fingerprint density at radius 1 is 1.32 bits per heavy atom. The fourth-order valence-electron chi connectivity index (χ4n) is 2.62. The molecule has 1 amide bonds. The van der Waals surface area contributed by atoms with Crippen molar-refractivity contribution in [1.29, 1.82) is 0 Å². The molecule has 19 heavy (non-hydrogen) atoms. The first-order valence-corrected chi connectivity index (χ1v) is 6.93. The molecule has 2 fully saturated rings. The first kappa shape index (κ1) is 12.3. The lowest BCUT2D eigenvalue weighted by Crippen LogP contribution is -2.34. The highest BCUT2D eigenvalue weighted by Gasteiger charge is 2.53. The molecule has 102 valence electrons. The normalized spacial score (nSPS) is 19.8. The van der Waals surface area contributed by atoms with Gasteiger partial charge in [0.15, 0.2) is 6.61 Å². The molecule has 0 spiro atoms. The van der Waals surface area contributed by atoms with Crippen molar-refractivity contribution in [2.24, 2.45) is 11.3 Å². The van der Waals surface area contributed by atoms with Gasteiger partial charge < -0.3 is 15.8 Å². The molecule has 0 saturated heterocycles. The Hall–Kier alpha value is -1.71. The number of anilines is 1. The lowest BCUT2D eigenvalue weighted by atomic mass is 10.0. The fraction of sp³-hybridized carbons (Fsp3) is 0.533. The Balaban J connectivity index is 1.40. The Labute approximate surface area is 113 Å². The molecule has 1 aromatic rings. The van der Waals surface area contributed by atoms with Crippen molar-refractivity contribution in [2.75, 3.05) is 18.9 Å². The predicted molar refractivity (Wildman–Crippen MR) is 73.8 cm³/mol. The van der Waals surface area contributed by atoms with E-state index in [1.54, 1.807) is 24.3 Å². The molecule has 1 aromatic carbocycles. The molecule has 2 aliphatic carbocycles. The highest BCUT2D eigenvalue weighted by Crippen LogP contribution is 2.60. The van der Waals surface area contributed by atoms with E-state index in [0.29, 0.717) is 16.9 Å². The summed E-state index contributed by atoms with van der Waals surface area (Å²) < 4.78 is 5.42. The van der Waals surface area contributed by atoms with Crippen molar-refractivity contribution < 1.29 is 9.53 Å². The number of hydrogen-bond donors (Lipinski definition) is 2. The summed E-state index contributed by atoms with van der Waals surface area (Å²) in [7, 11) is 0. The van der Waals surface area contributed by atoms with E-state index >= 15 is 0 Å². The summed E-state index contributed by atoms with van der Waals surface area (Å²) in [5.74, 6) is 1.50. The molecular formula is C15H20N2O2. The van der Waals surface area contributed by atoms with E-state index in [9.17, 15) is 4.79 Å². The number of nitrogens with one attached hydrogen (secondary N) is 1. The summed E-state index contributed by atoms with van der Waals surface area (Å²) in [6, 6.07) is 7.07. The van der Waals surface area contributed by atoms with Gasteiger partial charge in [0.2, 0.25) is 0 Å². The molecule has 3 N–H and O–H groups in total. The van der Waals surface area contributed by atoms with Crippen LogP contribution in [0.1, 0.15) is 25.7 Å². The van der Waals surface area contributed by atoms with Gasteiger partial charge in [0.1, 0.15) is 5.75 Å². The van der Waals surface area contributed by atoms with Crippen LogP contribution in [0, 0.1) is 11.3 Å². The van der Waals surface area contributed by atoms with Crippen molar-refractivity contribution in [3.05, 3.63) is 24.3 Å². The SMILES string of the molecule is Nc1ccc(OCC(=O)NCC2(C3CC3)CC2)cc1. The molecule has 0 aromatic heterocycles. The molecule has 3 rings (SSSR count). The minimum Gasteiger partial charge on any atom is -0.484 e. The van der Waals surface area contributed by atoms with Gasteiger partial charge in [-0.3, -0.25) is 4.79 Å². The van der Waals surface area contributed by atoms with Crippen molar-refractivity contribution >= 4 is 11.6 Å². The van der Waals surface area contributed by atoms with Gasteiger partial charge in [-0.2, -0.15) is 0 Å². The monoisotopic (exact) mass is 260 g/mol. The molecule has 0 unspecified atom stereocenters. The number of rotatable bonds is 6. The van der Waals surface area contributed by atoms with Crippen molar-refractivity contribution in [3.8, 4) is 5.75 Å². The fourth-order valence-corrected chi connectivity index (χ4v) is 2.62. The lowest BCUT2D eigenvalue weighted by Gasteiger charge is -2.15. The van der Waals surface area contributed by atoms with Crippen LogP contribution >= 0.6 is 0 Å². The Morgan fingerprint density at radius 3 is 2.58 bits per heavy atom. The predicted octanol–water partition coefficient (Wildman–Crippen LogP) is 1.95. The van der Waals surface area contributed by atoms with E-state index in [-0.39, 0.29) is 12.5 Å². The third-order valence-electron chi connectivity index (χ3n) is 4.22. The van der Waals surface area contributed by atoms with Gasteiger partial charge in [-0.05, 0) is 61.3 Å². The van der Waals surface area contributed by atoms with Gasteiger partial charge >= 0.3 is 0 Å². The molecule has 2 aliphatic rings. The maximum Gasteiger partial charge on any atom is 0.257 e. The topological polar surface area (TPSA) is 64.3 Å². The van der Waals surface area contributed by atoms with E-state index < -0.39 is 0 Å². The van der Waals surface area contributed by atoms with Crippen LogP contribution in [0.5, 0.6) is 5.75 Å². The van der Waals surface area contributed by atoms with Crippen LogP contribution in [0.4, 0.5) is 5.69 Å². The largest absolute Gasteiger partial charge is 0.484 e. The quantitative estimate of drug-likeness (QED) is 0.768. The molecule has 2 saturated carbocycles. The number of carbonyl (C=O) groups excluding carboxylic acids is 1. The molecule has 4 heteroatoms. The first-order chi connectivity index (χ1) is 9.18. The number of hydrogen-bond acceptors (Lipinski definition) is 3. The van der Waals surface area contributed by atoms with Gasteiger partial charge in [-0.1, -0.05) is 0 Å².